The fourth-order valence-corrected chi connectivity index (χ4v) is 1.54. The zero-order valence-electron chi connectivity index (χ0n) is 10.7. The lowest BCUT2D eigenvalue weighted by Gasteiger charge is -1.96. The summed E-state index contributed by atoms with van der Waals surface area (Å²) >= 11 is 0. The summed E-state index contributed by atoms with van der Waals surface area (Å²) in [6.07, 6.45) is 20.2. The minimum absolute atomic E-state index is 0.738. The van der Waals surface area contributed by atoms with E-state index in [0.29, 0.717) is 0 Å². The summed E-state index contributed by atoms with van der Waals surface area (Å²) in [6.45, 7) is 2.19. The van der Waals surface area contributed by atoms with Crippen molar-refractivity contribution in [2.75, 3.05) is 0 Å². The first-order valence-corrected chi connectivity index (χ1v) is 6.67. The summed E-state index contributed by atoms with van der Waals surface area (Å²) in [6, 6.07) is 0. The molecule has 0 aromatic rings. The Morgan fingerprint density at radius 1 is 0.750 bits per heavy atom. The number of aldehydes is 1. The van der Waals surface area contributed by atoms with Crippen molar-refractivity contribution in [3.05, 3.63) is 24.3 Å². The van der Waals surface area contributed by atoms with Crippen LogP contribution in [0, 0.1) is 0 Å². The third-order valence-corrected chi connectivity index (χ3v) is 2.53. The van der Waals surface area contributed by atoms with Gasteiger partial charge in [-0.15, -0.1) is 0 Å². The predicted octanol–water partition coefficient (Wildman–Crippen LogP) is 4.83. The van der Waals surface area contributed by atoms with Crippen molar-refractivity contribution in [1.82, 2.24) is 0 Å². The maximum absolute atomic E-state index is 10.1. The van der Waals surface area contributed by atoms with Gasteiger partial charge in [0, 0.05) is 6.42 Å². The topological polar surface area (TPSA) is 17.1 Å². The van der Waals surface area contributed by atoms with E-state index in [4.69, 9.17) is 0 Å². The molecule has 0 atom stereocenters. The normalized spacial score (nSPS) is 11.6. The Kier molecular flexibility index (Phi) is 13.4. The monoisotopic (exact) mass is 222 g/mol. The van der Waals surface area contributed by atoms with Crippen LogP contribution in [-0.2, 0) is 4.79 Å². The van der Waals surface area contributed by atoms with Gasteiger partial charge in [-0.2, -0.15) is 0 Å². The lowest BCUT2D eigenvalue weighted by Crippen LogP contribution is -1.79. The second kappa shape index (κ2) is 14.2. The van der Waals surface area contributed by atoms with E-state index < -0.39 is 0 Å². The van der Waals surface area contributed by atoms with Gasteiger partial charge in [-0.1, -0.05) is 56.9 Å². The summed E-state index contributed by atoms with van der Waals surface area (Å²) < 4.78 is 0. The molecule has 0 fully saturated rings. The highest BCUT2D eigenvalue weighted by Crippen LogP contribution is 2.06. The van der Waals surface area contributed by atoms with Gasteiger partial charge < -0.3 is 4.79 Å². The standard InChI is InChI=1S/C15H26O/c1-2-3-4-5-6-7-8-9-10-11-12-13-14-15-16/h4-7,15H,2-3,8-14H2,1H3/b5-4-,7-6-. The average Bonchev–Trinajstić information content (AvgIpc) is 2.31. The third-order valence-electron chi connectivity index (χ3n) is 2.53. The number of hydrogen-bond acceptors (Lipinski definition) is 1. The number of carbonyl (C=O) groups is 1. The third kappa shape index (κ3) is 13.2. The maximum Gasteiger partial charge on any atom is 0.119 e. The van der Waals surface area contributed by atoms with Crippen molar-refractivity contribution in [2.45, 2.75) is 64.7 Å². The van der Waals surface area contributed by atoms with Crippen molar-refractivity contribution in [3.63, 3.8) is 0 Å². The second-order valence-electron chi connectivity index (χ2n) is 4.16. The van der Waals surface area contributed by atoms with E-state index in [2.05, 4.69) is 31.2 Å². The fourth-order valence-electron chi connectivity index (χ4n) is 1.54. The molecule has 0 spiro atoms. The molecule has 0 radical (unpaired) electrons. The zero-order chi connectivity index (χ0) is 11.9. The molecule has 0 saturated heterocycles. The molecule has 0 aromatic heterocycles. The summed E-state index contributed by atoms with van der Waals surface area (Å²) in [4.78, 5) is 10.1. The Hall–Kier alpha value is -0.850. The van der Waals surface area contributed by atoms with E-state index >= 15 is 0 Å². The highest BCUT2D eigenvalue weighted by Gasteiger charge is 1.88. The van der Waals surface area contributed by atoms with E-state index in [-0.39, 0.29) is 0 Å². The molecule has 0 N–H and O–H groups in total. The van der Waals surface area contributed by atoms with Crippen LogP contribution in [0.2, 0.25) is 0 Å². The number of allylic oxidation sites excluding steroid dienone is 4. The van der Waals surface area contributed by atoms with Gasteiger partial charge in [-0.05, 0) is 25.7 Å². The average molecular weight is 222 g/mol. The molecule has 0 aliphatic rings. The van der Waals surface area contributed by atoms with Gasteiger partial charge in [0.25, 0.3) is 0 Å². The minimum atomic E-state index is 0.738. The van der Waals surface area contributed by atoms with E-state index in [1.807, 2.05) is 0 Å². The molecule has 0 aliphatic heterocycles. The van der Waals surface area contributed by atoms with E-state index in [9.17, 15) is 4.79 Å². The Bertz CT molecular complexity index is 192. The summed E-state index contributed by atoms with van der Waals surface area (Å²) in [5.41, 5.74) is 0. The molecule has 92 valence electrons. The molecule has 0 aromatic carbocycles. The number of rotatable bonds is 11. The molecule has 1 nitrogen and oxygen atoms in total. The molecular formula is C15H26O. The van der Waals surface area contributed by atoms with Crippen LogP contribution in [-0.4, -0.2) is 6.29 Å². The number of unbranched alkanes of at least 4 members (excludes halogenated alkanes) is 7. The largest absolute Gasteiger partial charge is 0.303 e. The van der Waals surface area contributed by atoms with Gasteiger partial charge >= 0.3 is 0 Å². The first kappa shape index (κ1) is 15.2. The highest BCUT2D eigenvalue weighted by atomic mass is 16.1. The molecule has 0 saturated carbocycles. The Morgan fingerprint density at radius 3 is 1.94 bits per heavy atom. The van der Waals surface area contributed by atoms with Crippen LogP contribution in [0.4, 0.5) is 0 Å². The molecule has 0 rings (SSSR count). The van der Waals surface area contributed by atoms with E-state index in [1.165, 1.54) is 44.9 Å². The van der Waals surface area contributed by atoms with Gasteiger partial charge in [0.2, 0.25) is 0 Å². The lowest BCUT2D eigenvalue weighted by atomic mass is 10.1. The molecule has 16 heavy (non-hydrogen) atoms. The van der Waals surface area contributed by atoms with Gasteiger partial charge in [-0.3, -0.25) is 0 Å². The van der Waals surface area contributed by atoms with Gasteiger partial charge in [0.15, 0.2) is 0 Å². The lowest BCUT2D eigenvalue weighted by molar-refractivity contribution is -0.107. The smallest absolute Gasteiger partial charge is 0.119 e. The molecule has 0 bridgehead atoms. The fraction of sp³-hybridized carbons (Fsp3) is 0.667. The SMILES string of the molecule is CCC/C=C\C=C/CCCCCCCC=O. The quantitative estimate of drug-likeness (QED) is 0.278. The number of hydrogen-bond donors (Lipinski definition) is 0. The highest BCUT2D eigenvalue weighted by molar-refractivity contribution is 5.48. The van der Waals surface area contributed by atoms with Gasteiger partial charge in [-0.25, -0.2) is 0 Å². The van der Waals surface area contributed by atoms with Gasteiger partial charge in [0.1, 0.15) is 6.29 Å². The molecular weight excluding hydrogens is 196 g/mol. The van der Waals surface area contributed by atoms with Crippen molar-refractivity contribution >= 4 is 6.29 Å². The first-order chi connectivity index (χ1) is 7.91. The Labute approximate surface area is 101 Å². The van der Waals surface area contributed by atoms with Gasteiger partial charge in [0.05, 0.1) is 0 Å². The Balaban J connectivity index is 3.11. The molecule has 0 amide bonds. The second-order valence-corrected chi connectivity index (χ2v) is 4.16. The molecule has 0 unspecified atom stereocenters. The van der Waals surface area contributed by atoms with Crippen LogP contribution < -0.4 is 0 Å². The molecule has 0 heterocycles. The minimum Gasteiger partial charge on any atom is -0.303 e. The van der Waals surface area contributed by atoms with E-state index in [1.54, 1.807) is 0 Å². The summed E-state index contributed by atoms with van der Waals surface area (Å²) in [5, 5.41) is 0. The van der Waals surface area contributed by atoms with E-state index in [0.717, 1.165) is 19.1 Å². The molecule has 0 aliphatic carbocycles. The predicted molar refractivity (Wildman–Crippen MR) is 71.6 cm³/mol. The van der Waals surface area contributed by atoms with Crippen LogP contribution >= 0.6 is 0 Å². The summed E-state index contributed by atoms with van der Waals surface area (Å²) in [7, 11) is 0. The first-order valence-electron chi connectivity index (χ1n) is 6.67. The van der Waals surface area contributed by atoms with Crippen LogP contribution in [0.1, 0.15) is 64.7 Å². The van der Waals surface area contributed by atoms with Crippen LogP contribution in [0.15, 0.2) is 24.3 Å². The van der Waals surface area contributed by atoms with Crippen molar-refractivity contribution in [1.29, 1.82) is 0 Å². The van der Waals surface area contributed by atoms with Crippen molar-refractivity contribution in [3.8, 4) is 0 Å². The Morgan fingerprint density at radius 2 is 1.31 bits per heavy atom. The van der Waals surface area contributed by atoms with Crippen molar-refractivity contribution < 1.29 is 4.79 Å². The number of carbonyl (C=O) groups excluding carboxylic acids is 1. The summed E-state index contributed by atoms with van der Waals surface area (Å²) in [5.74, 6) is 0. The van der Waals surface area contributed by atoms with Crippen LogP contribution in [0.25, 0.3) is 0 Å². The van der Waals surface area contributed by atoms with Crippen LogP contribution in [0.5, 0.6) is 0 Å². The van der Waals surface area contributed by atoms with Crippen LogP contribution in [0.3, 0.4) is 0 Å². The molecule has 1 heteroatoms. The van der Waals surface area contributed by atoms with Crippen molar-refractivity contribution in [2.24, 2.45) is 0 Å². The maximum atomic E-state index is 10.1. The zero-order valence-corrected chi connectivity index (χ0v) is 10.7.